The average molecular weight is 279 g/mol. The van der Waals surface area contributed by atoms with E-state index in [0.717, 1.165) is 19.3 Å². The quantitative estimate of drug-likeness (QED) is 0.826. The molecule has 3 heterocycles. The maximum Gasteiger partial charge on any atom is 0.308 e. The molecule has 4 rings (SSSR count). The van der Waals surface area contributed by atoms with E-state index in [1.165, 1.54) is 12.8 Å². The van der Waals surface area contributed by atoms with Crippen LogP contribution in [0.4, 0.5) is 0 Å². The first-order chi connectivity index (χ1) is 9.66. The molecule has 1 aliphatic carbocycles. The molecule has 20 heavy (non-hydrogen) atoms. The second kappa shape index (κ2) is 4.45. The van der Waals surface area contributed by atoms with E-state index in [9.17, 15) is 14.7 Å². The van der Waals surface area contributed by atoms with Crippen molar-refractivity contribution in [2.45, 2.75) is 56.7 Å². The van der Waals surface area contributed by atoms with Gasteiger partial charge in [-0.1, -0.05) is 6.42 Å². The van der Waals surface area contributed by atoms with Gasteiger partial charge in [0.25, 0.3) is 5.91 Å². The summed E-state index contributed by atoms with van der Waals surface area (Å²) in [6, 6.07) is 0.0479. The van der Waals surface area contributed by atoms with Crippen LogP contribution < -0.4 is 0 Å². The van der Waals surface area contributed by atoms with Gasteiger partial charge in [0.1, 0.15) is 6.10 Å². The lowest BCUT2D eigenvalue weighted by Crippen LogP contribution is -2.45. The molecule has 5 nitrogen and oxygen atoms in total. The first kappa shape index (κ1) is 12.6. The lowest BCUT2D eigenvalue weighted by molar-refractivity contribution is -0.146. The molecule has 3 saturated heterocycles. The van der Waals surface area contributed by atoms with Crippen molar-refractivity contribution in [2.24, 2.45) is 17.8 Å². The molecule has 1 N–H and O–H groups in total. The van der Waals surface area contributed by atoms with Gasteiger partial charge in [0.2, 0.25) is 0 Å². The lowest BCUT2D eigenvalue weighted by Gasteiger charge is -2.28. The smallest absolute Gasteiger partial charge is 0.308 e. The van der Waals surface area contributed by atoms with E-state index in [-0.39, 0.29) is 30.0 Å². The molecule has 0 aromatic rings. The van der Waals surface area contributed by atoms with Gasteiger partial charge in [0.15, 0.2) is 0 Å². The Morgan fingerprint density at radius 3 is 2.75 bits per heavy atom. The highest BCUT2D eigenvalue weighted by molar-refractivity contribution is 5.84. The minimum Gasteiger partial charge on any atom is -0.481 e. The highest BCUT2D eigenvalue weighted by Gasteiger charge is 2.55. The standard InChI is InChI=1S/C15H21NO4/c17-14(13-10-3-1-2-8(10)7-20-13)16-9-4-5-12(16)11(6-9)15(18)19/h8-13H,1-7H2,(H,18,19)/t8-,9+,10-,11+,12-,13+/m0/s1. The summed E-state index contributed by atoms with van der Waals surface area (Å²) in [5, 5.41) is 9.28. The zero-order chi connectivity index (χ0) is 13.9. The fraction of sp³-hybridized carbons (Fsp3) is 0.867. The van der Waals surface area contributed by atoms with Crippen molar-refractivity contribution in [2.75, 3.05) is 6.61 Å². The molecule has 4 fully saturated rings. The molecule has 0 radical (unpaired) electrons. The van der Waals surface area contributed by atoms with E-state index in [0.29, 0.717) is 24.9 Å². The molecular formula is C15H21NO4. The van der Waals surface area contributed by atoms with E-state index < -0.39 is 5.97 Å². The molecule has 1 saturated carbocycles. The number of nitrogens with zero attached hydrogens (tertiary/aromatic N) is 1. The van der Waals surface area contributed by atoms with Crippen molar-refractivity contribution in [1.82, 2.24) is 4.90 Å². The zero-order valence-corrected chi connectivity index (χ0v) is 11.5. The SMILES string of the molecule is O=C(O)[C@@H]1C[C@H]2CC[C@@H]1N2C(=O)[C@@H]1OC[C@@H]2CCC[C@@H]21. The van der Waals surface area contributed by atoms with Crippen molar-refractivity contribution < 1.29 is 19.4 Å². The number of carboxylic acid groups (broad SMARTS) is 1. The Morgan fingerprint density at radius 2 is 2.00 bits per heavy atom. The Balaban J connectivity index is 1.53. The summed E-state index contributed by atoms with van der Waals surface area (Å²) in [7, 11) is 0. The zero-order valence-electron chi connectivity index (χ0n) is 11.5. The van der Waals surface area contributed by atoms with Gasteiger partial charge in [-0.15, -0.1) is 0 Å². The summed E-state index contributed by atoms with van der Waals surface area (Å²) >= 11 is 0. The van der Waals surface area contributed by atoms with Crippen molar-refractivity contribution in [3.63, 3.8) is 0 Å². The molecule has 0 unspecified atom stereocenters. The normalized spacial score (nSPS) is 45.9. The van der Waals surface area contributed by atoms with Crippen molar-refractivity contribution >= 4 is 11.9 Å². The van der Waals surface area contributed by atoms with Gasteiger partial charge in [-0.25, -0.2) is 0 Å². The van der Waals surface area contributed by atoms with Crippen LogP contribution in [0.5, 0.6) is 0 Å². The Morgan fingerprint density at radius 1 is 1.15 bits per heavy atom. The van der Waals surface area contributed by atoms with E-state index in [4.69, 9.17) is 4.74 Å². The average Bonchev–Trinajstić information content (AvgIpc) is 3.16. The van der Waals surface area contributed by atoms with E-state index in [2.05, 4.69) is 0 Å². The van der Waals surface area contributed by atoms with Gasteiger partial charge >= 0.3 is 5.97 Å². The van der Waals surface area contributed by atoms with Gasteiger partial charge in [0.05, 0.1) is 12.5 Å². The third-order valence-corrected chi connectivity index (χ3v) is 5.95. The molecule has 0 spiro atoms. The largest absolute Gasteiger partial charge is 0.481 e. The van der Waals surface area contributed by atoms with Crippen LogP contribution in [0.1, 0.15) is 38.5 Å². The number of carbonyl (C=O) groups excluding carboxylic acids is 1. The minimum absolute atomic E-state index is 0.0793. The first-order valence-corrected chi connectivity index (χ1v) is 7.83. The van der Waals surface area contributed by atoms with Gasteiger partial charge in [0, 0.05) is 12.1 Å². The Kier molecular flexibility index (Phi) is 2.81. The molecule has 1 amide bonds. The summed E-state index contributed by atoms with van der Waals surface area (Å²) in [4.78, 5) is 26.0. The van der Waals surface area contributed by atoms with Crippen molar-refractivity contribution in [3.05, 3.63) is 0 Å². The number of hydrogen-bond donors (Lipinski definition) is 1. The van der Waals surface area contributed by atoms with Crippen LogP contribution in [-0.4, -0.2) is 46.7 Å². The van der Waals surface area contributed by atoms with Crippen LogP contribution in [0.15, 0.2) is 0 Å². The molecule has 5 heteroatoms. The maximum atomic E-state index is 12.8. The maximum absolute atomic E-state index is 12.8. The first-order valence-electron chi connectivity index (χ1n) is 7.83. The number of carbonyl (C=O) groups is 2. The summed E-state index contributed by atoms with van der Waals surface area (Å²) in [6.45, 7) is 0.715. The summed E-state index contributed by atoms with van der Waals surface area (Å²) in [5.41, 5.74) is 0. The monoisotopic (exact) mass is 279 g/mol. The molecule has 0 aromatic heterocycles. The Bertz CT molecular complexity index is 451. The molecular weight excluding hydrogens is 258 g/mol. The van der Waals surface area contributed by atoms with Gasteiger partial charge in [-0.3, -0.25) is 9.59 Å². The van der Waals surface area contributed by atoms with Gasteiger partial charge < -0.3 is 14.7 Å². The number of aliphatic carboxylic acids is 1. The fourth-order valence-corrected chi connectivity index (χ4v) is 5.02. The topological polar surface area (TPSA) is 66.8 Å². The highest BCUT2D eigenvalue weighted by atomic mass is 16.5. The predicted molar refractivity (Wildman–Crippen MR) is 70.0 cm³/mol. The van der Waals surface area contributed by atoms with Crippen molar-refractivity contribution in [1.29, 1.82) is 0 Å². The van der Waals surface area contributed by atoms with Crippen LogP contribution in [0, 0.1) is 17.8 Å². The predicted octanol–water partition coefficient (Wildman–Crippen LogP) is 1.27. The van der Waals surface area contributed by atoms with E-state index in [1.807, 2.05) is 4.90 Å². The molecule has 2 bridgehead atoms. The fourth-order valence-electron chi connectivity index (χ4n) is 5.02. The second-order valence-electron chi connectivity index (χ2n) is 6.83. The number of rotatable bonds is 2. The van der Waals surface area contributed by atoms with Gasteiger partial charge in [-0.05, 0) is 43.9 Å². The number of hydrogen-bond acceptors (Lipinski definition) is 3. The molecule has 6 atom stereocenters. The number of amides is 1. The minimum atomic E-state index is -0.749. The Labute approximate surface area is 118 Å². The third kappa shape index (κ3) is 1.65. The molecule has 3 aliphatic heterocycles. The van der Waals surface area contributed by atoms with Crippen LogP contribution in [0.2, 0.25) is 0 Å². The molecule has 0 aromatic carbocycles. The van der Waals surface area contributed by atoms with Crippen LogP contribution >= 0.6 is 0 Å². The van der Waals surface area contributed by atoms with Crippen LogP contribution in [0.3, 0.4) is 0 Å². The molecule has 110 valence electrons. The molecule has 4 aliphatic rings. The Hall–Kier alpha value is -1.10. The summed E-state index contributed by atoms with van der Waals surface area (Å²) < 4.78 is 5.78. The number of carboxylic acids is 1. The second-order valence-corrected chi connectivity index (χ2v) is 6.83. The van der Waals surface area contributed by atoms with Crippen LogP contribution in [0.25, 0.3) is 0 Å². The van der Waals surface area contributed by atoms with Gasteiger partial charge in [-0.2, -0.15) is 0 Å². The summed E-state index contributed by atoms with van der Waals surface area (Å²) in [5.74, 6) is -0.0968. The van der Waals surface area contributed by atoms with Crippen LogP contribution in [-0.2, 0) is 14.3 Å². The van der Waals surface area contributed by atoms with Crippen molar-refractivity contribution in [3.8, 4) is 0 Å². The summed E-state index contributed by atoms with van der Waals surface area (Å²) in [6.07, 6.45) is 5.61. The van der Waals surface area contributed by atoms with E-state index >= 15 is 0 Å². The van der Waals surface area contributed by atoms with E-state index in [1.54, 1.807) is 0 Å². The highest BCUT2D eigenvalue weighted by Crippen LogP contribution is 2.46. The third-order valence-electron chi connectivity index (χ3n) is 5.95. The lowest BCUT2D eigenvalue weighted by atomic mass is 9.89. The number of ether oxygens (including phenoxy) is 1. The number of fused-ring (bicyclic) bond motifs is 3.